The molecular formula is C12H22F3N3O. The minimum absolute atomic E-state index is 0.0654. The van der Waals surface area contributed by atoms with Gasteiger partial charge in [0, 0.05) is 19.1 Å². The van der Waals surface area contributed by atoms with Crippen LogP contribution in [0.2, 0.25) is 0 Å². The van der Waals surface area contributed by atoms with Crippen molar-refractivity contribution in [2.75, 3.05) is 39.3 Å². The monoisotopic (exact) mass is 281 g/mol. The number of carbonyl (C=O) groups excluding carboxylic acids is 1. The van der Waals surface area contributed by atoms with Crippen LogP contribution in [-0.2, 0) is 4.79 Å². The maximum absolute atomic E-state index is 12.5. The lowest BCUT2D eigenvalue weighted by Gasteiger charge is -2.30. The predicted molar refractivity (Wildman–Crippen MR) is 66.8 cm³/mol. The molecule has 0 aromatic heterocycles. The molecule has 0 atom stereocenters. The van der Waals surface area contributed by atoms with Crippen molar-refractivity contribution in [2.45, 2.75) is 32.5 Å². The summed E-state index contributed by atoms with van der Waals surface area (Å²) in [7, 11) is 0. The fourth-order valence-electron chi connectivity index (χ4n) is 2.09. The first-order valence-electron chi connectivity index (χ1n) is 6.59. The highest BCUT2D eigenvalue weighted by Crippen LogP contribution is 2.18. The summed E-state index contributed by atoms with van der Waals surface area (Å²) in [5, 5.41) is 3.19. The molecule has 0 aliphatic carbocycles. The molecule has 112 valence electrons. The largest absolute Gasteiger partial charge is 0.406 e. The van der Waals surface area contributed by atoms with E-state index in [1.54, 1.807) is 13.8 Å². The summed E-state index contributed by atoms with van der Waals surface area (Å²) in [5.41, 5.74) is 0. The first-order chi connectivity index (χ1) is 8.79. The van der Waals surface area contributed by atoms with Crippen molar-refractivity contribution in [1.82, 2.24) is 15.1 Å². The van der Waals surface area contributed by atoms with Gasteiger partial charge < -0.3 is 10.2 Å². The van der Waals surface area contributed by atoms with Crippen LogP contribution in [0.3, 0.4) is 0 Å². The first-order valence-corrected chi connectivity index (χ1v) is 6.59. The van der Waals surface area contributed by atoms with Crippen molar-refractivity contribution in [2.24, 2.45) is 0 Å². The third kappa shape index (κ3) is 6.24. The van der Waals surface area contributed by atoms with E-state index in [1.165, 1.54) is 0 Å². The van der Waals surface area contributed by atoms with E-state index >= 15 is 0 Å². The molecular weight excluding hydrogens is 259 g/mol. The number of halogens is 3. The second-order valence-corrected chi connectivity index (χ2v) is 5.11. The molecule has 1 aliphatic rings. The fraction of sp³-hybridized carbons (Fsp3) is 0.917. The zero-order valence-electron chi connectivity index (χ0n) is 11.5. The van der Waals surface area contributed by atoms with E-state index in [2.05, 4.69) is 5.32 Å². The van der Waals surface area contributed by atoms with E-state index in [0.717, 1.165) is 31.0 Å². The topological polar surface area (TPSA) is 35.6 Å². The van der Waals surface area contributed by atoms with Crippen molar-refractivity contribution in [3.63, 3.8) is 0 Å². The maximum atomic E-state index is 12.5. The summed E-state index contributed by atoms with van der Waals surface area (Å²) in [6.07, 6.45) is -3.44. The summed E-state index contributed by atoms with van der Waals surface area (Å²) in [5.74, 6) is -0.450. The summed E-state index contributed by atoms with van der Waals surface area (Å²) in [6, 6.07) is -0.445. The van der Waals surface area contributed by atoms with E-state index in [0.29, 0.717) is 6.54 Å². The highest BCUT2D eigenvalue weighted by Gasteiger charge is 2.34. The van der Waals surface area contributed by atoms with Crippen LogP contribution in [-0.4, -0.2) is 67.2 Å². The Balaban J connectivity index is 2.56. The molecule has 0 unspecified atom stereocenters. The van der Waals surface area contributed by atoms with Crippen LogP contribution in [0.5, 0.6) is 0 Å². The Labute approximate surface area is 111 Å². The Morgan fingerprint density at radius 2 is 2.00 bits per heavy atom. The number of carbonyl (C=O) groups is 1. The summed E-state index contributed by atoms with van der Waals surface area (Å²) in [4.78, 5) is 14.8. The normalized spacial score (nSPS) is 18.4. The zero-order valence-corrected chi connectivity index (χ0v) is 11.5. The van der Waals surface area contributed by atoms with Crippen molar-refractivity contribution < 1.29 is 18.0 Å². The van der Waals surface area contributed by atoms with Crippen LogP contribution >= 0.6 is 0 Å². The Morgan fingerprint density at radius 3 is 2.58 bits per heavy atom. The van der Waals surface area contributed by atoms with Crippen molar-refractivity contribution >= 4 is 5.91 Å². The number of amides is 1. The molecule has 0 aromatic carbocycles. The number of rotatable bonds is 4. The molecule has 1 heterocycles. The third-order valence-electron chi connectivity index (χ3n) is 3.08. The number of hydrogen-bond donors (Lipinski definition) is 1. The fourth-order valence-corrected chi connectivity index (χ4v) is 2.09. The zero-order chi connectivity index (χ0) is 14.5. The van der Waals surface area contributed by atoms with Gasteiger partial charge in [0.25, 0.3) is 0 Å². The van der Waals surface area contributed by atoms with Gasteiger partial charge in [0.2, 0.25) is 5.91 Å². The van der Waals surface area contributed by atoms with Gasteiger partial charge in [-0.3, -0.25) is 9.69 Å². The summed E-state index contributed by atoms with van der Waals surface area (Å²) < 4.78 is 37.4. The molecule has 0 radical (unpaired) electrons. The smallest absolute Gasteiger partial charge is 0.330 e. The van der Waals surface area contributed by atoms with Crippen LogP contribution in [0, 0.1) is 0 Å². The van der Waals surface area contributed by atoms with E-state index in [-0.39, 0.29) is 6.54 Å². The van der Waals surface area contributed by atoms with Gasteiger partial charge in [-0.05, 0) is 33.4 Å². The van der Waals surface area contributed by atoms with Crippen molar-refractivity contribution in [3.05, 3.63) is 0 Å². The lowest BCUT2D eigenvalue weighted by molar-refractivity contribution is -0.165. The molecule has 1 saturated heterocycles. The SMILES string of the molecule is CC(C)N(CC(F)(F)F)C(=O)CN1CCCNCC1. The van der Waals surface area contributed by atoms with Gasteiger partial charge in [0.05, 0.1) is 6.54 Å². The highest BCUT2D eigenvalue weighted by molar-refractivity contribution is 5.78. The maximum Gasteiger partial charge on any atom is 0.406 e. The molecule has 1 N–H and O–H groups in total. The van der Waals surface area contributed by atoms with Gasteiger partial charge in [-0.2, -0.15) is 13.2 Å². The Kier molecular flexibility index (Phi) is 6.06. The van der Waals surface area contributed by atoms with E-state index < -0.39 is 24.7 Å². The lowest BCUT2D eigenvalue weighted by atomic mass is 10.3. The van der Waals surface area contributed by atoms with E-state index in [1.807, 2.05) is 4.90 Å². The van der Waals surface area contributed by atoms with E-state index in [9.17, 15) is 18.0 Å². The predicted octanol–water partition coefficient (Wildman–Crippen LogP) is 1.08. The molecule has 4 nitrogen and oxygen atoms in total. The standard InChI is InChI=1S/C12H22F3N3O/c1-10(2)18(9-12(13,14)15)11(19)8-17-6-3-4-16-5-7-17/h10,16H,3-9H2,1-2H3. The van der Waals surface area contributed by atoms with Gasteiger partial charge in [0.1, 0.15) is 6.54 Å². The van der Waals surface area contributed by atoms with Crippen LogP contribution in [0.4, 0.5) is 13.2 Å². The van der Waals surface area contributed by atoms with Crippen LogP contribution < -0.4 is 5.32 Å². The van der Waals surface area contributed by atoms with Crippen molar-refractivity contribution in [1.29, 1.82) is 0 Å². The van der Waals surface area contributed by atoms with Gasteiger partial charge in [-0.25, -0.2) is 0 Å². The van der Waals surface area contributed by atoms with Gasteiger partial charge in [-0.15, -0.1) is 0 Å². The molecule has 0 spiro atoms. The minimum atomic E-state index is -4.35. The molecule has 1 aliphatic heterocycles. The molecule has 19 heavy (non-hydrogen) atoms. The molecule has 1 amide bonds. The molecule has 1 rings (SSSR count). The van der Waals surface area contributed by atoms with Crippen LogP contribution in [0.25, 0.3) is 0 Å². The first kappa shape index (κ1) is 16.2. The van der Waals surface area contributed by atoms with Gasteiger partial charge in [-0.1, -0.05) is 0 Å². The summed E-state index contributed by atoms with van der Waals surface area (Å²) >= 11 is 0. The van der Waals surface area contributed by atoms with Gasteiger partial charge >= 0.3 is 6.18 Å². The van der Waals surface area contributed by atoms with Crippen molar-refractivity contribution in [3.8, 4) is 0 Å². The Morgan fingerprint density at radius 1 is 1.32 bits per heavy atom. The third-order valence-corrected chi connectivity index (χ3v) is 3.08. The molecule has 0 bridgehead atoms. The molecule has 7 heteroatoms. The second-order valence-electron chi connectivity index (χ2n) is 5.11. The quantitative estimate of drug-likeness (QED) is 0.837. The molecule has 1 fully saturated rings. The molecule has 0 saturated carbocycles. The van der Waals surface area contributed by atoms with Crippen LogP contribution in [0.15, 0.2) is 0 Å². The Bertz CT molecular complexity index is 286. The second kappa shape index (κ2) is 7.09. The Hall–Kier alpha value is -0.820. The number of alkyl halides is 3. The minimum Gasteiger partial charge on any atom is -0.330 e. The van der Waals surface area contributed by atoms with Gasteiger partial charge in [0.15, 0.2) is 0 Å². The highest BCUT2D eigenvalue weighted by atomic mass is 19.4. The van der Waals surface area contributed by atoms with E-state index in [4.69, 9.17) is 0 Å². The number of nitrogens with one attached hydrogen (secondary N) is 1. The van der Waals surface area contributed by atoms with Crippen LogP contribution in [0.1, 0.15) is 20.3 Å². The average Bonchev–Trinajstić information content (AvgIpc) is 2.52. The molecule has 0 aromatic rings. The number of hydrogen-bond acceptors (Lipinski definition) is 3. The average molecular weight is 281 g/mol. The lowest BCUT2D eigenvalue weighted by Crippen LogP contribution is -2.48. The summed E-state index contributed by atoms with van der Waals surface area (Å²) in [6.45, 7) is 5.21. The number of nitrogens with zero attached hydrogens (tertiary/aromatic N) is 2.